The van der Waals surface area contributed by atoms with Crippen LogP contribution >= 0.6 is 0 Å². The zero-order valence-corrected chi connectivity index (χ0v) is 9.83. The Labute approximate surface area is 92.2 Å². The van der Waals surface area contributed by atoms with E-state index in [1.54, 1.807) is 0 Å². The molecule has 15 heavy (non-hydrogen) atoms. The Kier molecular flexibility index (Phi) is 8.33. The van der Waals surface area contributed by atoms with Gasteiger partial charge in [0.1, 0.15) is 0 Å². The van der Waals surface area contributed by atoms with Crippen LogP contribution in [0.15, 0.2) is 0 Å². The van der Waals surface area contributed by atoms with Crippen molar-refractivity contribution in [2.75, 3.05) is 6.54 Å². The molecule has 0 aliphatic carbocycles. The molecule has 0 heterocycles. The molecule has 1 unspecified atom stereocenters. The Bertz CT molecular complexity index is 174. The monoisotopic (exact) mass is 216 g/mol. The highest BCUT2D eigenvalue weighted by molar-refractivity contribution is 5.81. The summed E-state index contributed by atoms with van der Waals surface area (Å²) < 4.78 is 0. The molecule has 0 saturated carbocycles. The van der Waals surface area contributed by atoms with Crippen molar-refractivity contribution in [3.63, 3.8) is 0 Å². The van der Waals surface area contributed by atoms with E-state index in [4.69, 9.17) is 5.73 Å². The Morgan fingerprint density at radius 2 is 2.00 bits per heavy atom. The van der Waals surface area contributed by atoms with Crippen LogP contribution in [0.2, 0.25) is 0 Å². The summed E-state index contributed by atoms with van der Waals surface area (Å²) in [7, 11) is 0. The Morgan fingerprint density at radius 1 is 1.33 bits per heavy atom. The molecule has 0 spiro atoms. The topological polar surface area (TPSA) is 75.4 Å². The fraction of sp³-hybridized carbons (Fsp3) is 0.909. The molecule has 0 radical (unpaired) electrons. The molecule has 0 bridgehead atoms. The van der Waals surface area contributed by atoms with Crippen LogP contribution in [-0.4, -0.2) is 29.7 Å². The summed E-state index contributed by atoms with van der Waals surface area (Å²) in [6.07, 6.45) is 3.90. The number of nitrogens with two attached hydrogens (primary N) is 1. The molecule has 4 N–H and O–H groups in total. The third-order valence-electron chi connectivity index (χ3n) is 2.34. The Balaban J connectivity index is 3.63. The van der Waals surface area contributed by atoms with Gasteiger partial charge in [0.15, 0.2) is 0 Å². The van der Waals surface area contributed by atoms with Crippen LogP contribution in [0, 0.1) is 0 Å². The van der Waals surface area contributed by atoms with Crippen molar-refractivity contribution in [1.82, 2.24) is 5.32 Å². The zero-order chi connectivity index (χ0) is 11.7. The van der Waals surface area contributed by atoms with Crippen molar-refractivity contribution in [2.24, 2.45) is 5.73 Å². The largest absolute Gasteiger partial charge is 0.391 e. The second kappa shape index (κ2) is 8.68. The standard InChI is InChI=1S/C11H24N2O2/c1-3-5-7-10(12)11(15)13-8-9(14)6-4-2/h9-10,14H,3-8,12H2,1-2H3,(H,13,15)/t9?,10-/m0/s1. The van der Waals surface area contributed by atoms with Crippen molar-refractivity contribution in [3.8, 4) is 0 Å². The number of aliphatic hydroxyl groups excluding tert-OH is 1. The van der Waals surface area contributed by atoms with Crippen LogP contribution in [-0.2, 0) is 4.79 Å². The minimum Gasteiger partial charge on any atom is -0.391 e. The quantitative estimate of drug-likeness (QED) is 0.561. The van der Waals surface area contributed by atoms with Crippen LogP contribution in [0.1, 0.15) is 46.0 Å². The molecular formula is C11H24N2O2. The van der Waals surface area contributed by atoms with Gasteiger partial charge in [-0.25, -0.2) is 0 Å². The summed E-state index contributed by atoms with van der Waals surface area (Å²) in [5.41, 5.74) is 5.67. The van der Waals surface area contributed by atoms with Gasteiger partial charge in [-0.05, 0) is 12.8 Å². The highest BCUT2D eigenvalue weighted by Crippen LogP contribution is 1.99. The Morgan fingerprint density at radius 3 is 2.53 bits per heavy atom. The molecule has 0 aromatic carbocycles. The normalized spacial score (nSPS) is 14.7. The fourth-order valence-corrected chi connectivity index (χ4v) is 1.34. The van der Waals surface area contributed by atoms with E-state index in [1.165, 1.54) is 0 Å². The number of hydrogen-bond donors (Lipinski definition) is 3. The number of aliphatic hydroxyl groups is 1. The summed E-state index contributed by atoms with van der Waals surface area (Å²) in [6.45, 7) is 4.38. The lowest BCUT2D eigenvalue weighted by atomic mass is 10.1. The first-order valence-corrected chi connectivity index (χ1v) is 5.83. The molecule has 1 amide bonds. The summed E-state index contributed by atoms with van der Waals surface area (Å²) in [5.74, 6) is -0.154. The lowest BCUT2D eigenvalue weighted by Gasteiger charge is -2.14. The van der Waals surface area contributed by atoms with Gasteiger partial charge in [0.05, 0.1) is 12.1 Å². The minimum absolute atomic E-state index is 0.154. The molecule has 0 aromatic heterocycles. The molecule has 0 rings (SSSR count). The summed E-state index contributed by atoms with van der Waals surface area (Å²) in [5, 5.41) is 12.1. The zero-order valence-electron chi connectivity index (χ0n) is 9.83. The number of unbranched alkanes of at least 4 members (excludes halogenated alkanes) is 1. The summed E-state index contributed by atoms with van der Waals surface area (Å²) in [6, 6.07) is -0.432. The van der Waals surface area contributed by atoms with Crippen molar-refractivity contribution >= 4 is 5.91 Å². The number of nitrogens with one attached hydrogen (secondary N) is 1. The second-order valence-corrected chi connectivity index (χ2v) is 3.94. The molecule has 0 aliphatic rings. The van der Waals surface area contributed by atoms with E-state index in [2.05, 4.69) is 12.2 Å². The van der Waals surface area contributed by atoms with Crippen LogP contribution in [0.25, 0.3) is 0 Å². The third kappa shape index (κ3) is 7.33. The smallest absolute Gasteiger partial charge is 0.237 e. The third-order valence-corrected chi connectivity index (χ3v) is 2.34. The minimum atomic E-state index is -0.447. The van der Waals surface area contributed by atoms with Gasteiger partial charge >= 0.3 is 0 Å². The second-order valence-electron chi connectivity index (χ2n) is 3.94. The van der Waals surface area contributed by atoms with Crippen LogP contribution in [0.4, 0.5) is 0 Å². The maximum atomic E-state index is 11.4. The summed E-state index contributed by atoms with van der Waals surface area (Å²) >= 11 is 0. The predicted octanol–water partition coefficient (Wildman–Crippen LogP) is 0.781. The molecule has 0 saturated heterocycles. The number of hydrogen-bond acceptors (Lipinski definition) is 3. The first-order valence-electron chi connectivity index (χ1n) is 5.83. The molecular weight excluding hydrogens is 192 g/mol. The van der Waals surface area contributed by atoms with E-state index < -0.39 is 12.1 Å². The molecule has 0 aliphatic heterocycles. The van der Waals surface area contributed by atoms with Gasteiger partial charge in [0.25, 0.3) is 0 Å². The molecule has 0 aromatic rings. The molecule has 0 fully saturated rings. The summed E-state index contributed by atoms with van der Waals surface area (Å²) in [4.78, 5) is 11.4. The van der Waals surface area contributed by atoms with Crippen LogP contribution in [0.3, 0.4) is 0 Å². The average Bonchev–Trinajstić information content (AvgIpc) is 2.22. The van der Waals surface area contributed by atoms with Crippen molar-refractivity contribution in [3.05, 3.63) is 0 Å². The van der Waals surface area contributed by atoms with Gasteiger partial charge in [0.2, 0.25) is 5.91 Å². The highest BCUT2D eigenvalue weighted by Gasteiger charge is 2.13. The van der Waals surface area contributed by atoms with E-state index in [0.717, 1.165) is 19.3 Å². The SMILES string of the molecule is CCCC[C@H](N)C(=O)NCC(O)CCC. The van der Waals surface area contributed by atoms with E-state index in [9.17, 15) is 9.90 Å². The molecule has 90 valence electrons. The van der Waals surface area contributed by atoms with E-state index >= 15 is 0 Å². The van der Waals surface area contributed by atoms with Crippen LogP contribution in [0.5, 0.6) is 0 Å². The average molecular weight is 216 g/mol. The molecule has 4 heteroatoms. The predicted molar refractivity (Wildman–Crippen MR) is 61.4 cm³/mol. The first-order chi connectivity index (χ1) is 7.11. The van der Waals surface area contributed by atoms with E-state index in [1.807, 2.05) is 6.92 Å². The number of rotatable bonds is 8. The van der Waals surface area contributed by atoms with Crippen molar-refractivity contribution < 1.29 is 9.90 Å². The molecule has 4 nitrogen and oxygen atoms in total. The first kappa shape index (κ1) is 14.4. The van der Waals surface area contributed by atoms with Crippen molar-refractivity contribution in [1.29, 1.82) is 0 Å². The number of carbonyl (C=O) groups is 1. The van der Waals surface area contributed by atoms with Gasteiger partial charge in [-0.1, -0.05) is 33.1 Å². The maximum absolute atomic E-state index is 11.4. The van der Waals surface area contributed by atoms with Gasteiger partial charge in [-0.15, -0.1) is 0 Å². The number of amides is 1. The van der Waals surface area contributed by atoms with Crippen LogP contribution < -0.4 is 11.1 Å². The Hall–Kier alpha value is -0.610. The van der Waals surface area contributed by atoms with Gasteiger partial charge in [0, 0.05) is 6.54 Å². The lowest BCUT2D eigenvalue weighted by Crippen LogP contribution is -2.43. The van der Waals surface area contributed by atoms with E-state index in [0.29, 0.717) is 19.4 Å². The maximum Gasteiger partial charge on any atom is 0.237 e. The van der Waals surface area contributed by atoms with Gasteiger partial charge < -0.3 is 16.2 Å². The van der Waals surface area contributed by atoms with Gasteiger partial charge in [-0.2, -0.15) is 0 Å². The molecule has 2 atom stereocenters. The fourth-order valence-electron chi connectivity index (χ4n) is 1.34. The van der Waals surface area contributed by atoms with Crippen molar-refractivity contribution in [2.45, 2.75) is 58.1 Å². The van der Waals surface area contributed by atoms with Gasteiger partial charge in [-0.3, -0.25) is 4.79 Å². The van der Waals surface area contributed by atoms with E-state index in [-0.39, 0.29) is 5.91 Å². The highest BCUT2D eigenvalue weighted by atomic mass is 16.3. The number of carbonyl (C=O) groups excluding carboxylic acids is 1. The lowest BCUT2D eigenvalue weighted by molar-refractivity contribution is -0.123.